The maximum absolute atomic E-state index is 12.9. The summed E-state index contributed by atoms with van der Waals surface area (Å²) in [5.41, 5.74) is 0.495. The molecule has 0 saturated heterocycles. The Morgan fingerprint density at radius 1 is 1.14 bits per heavy atom. The fraction of sp³-hybridized carbons (Fsp3) is 0.211. The van der Waals surface area contributed by atoms with E-state index in [2.05, 4.69) is 0 Å². The zero-order chi connectivity index (χ0) is 20.5. The number of hydrogen-bond acceptors (Lipinski definition) is 7. The molecule has 0 spiro atoms. The number of aromatic hydroxyl groups is 2. The lowest BCUT2D eigenvalue weighted by Gasteiger charge is -2.15. The fourth-order valence-corrected chi connectivity index (χ4v) is 3.44. The van der Waals surface area contributed by atoms with Gasteiger partial charge in [0.15, 0.2) is 12.1 Å². The molecule has 8 nitrogen and oxygen atoms in total. The lowest BCUT2D eigenvalue weighted by molar-refractivity contribution is 0.239. The second-order valence-electron chi connectivity index (χ2n) is 6.10. The molecule has 2 aromatic carbocycles. The molecule has 1 atom stereocenters. The molecule has 0 aliphatic carbocycles. The summed E-state index contributed by atoms with van der Waals surface area (Å²) in [6, 6.07) is 8.51. The van der Waals surface area contributed by atoms with Crippen LogP contribution in [0, 0.1) is 6.92 Å². The minimum atomic E-state index is -4.06. The summed E-state index contributed by atoms with van der Waals surface area (Å²) < 4.78 is 27.9. The second kappa shape index (κ2) is 7.67. The van der Waals surface area contributed by atoms with Crippen LogP contribution in [0.15, 0.2) is 45.6 Å². The van der Waals surface area contributed by atoms with Crippen molar-refractivity contribution in [3.8, 4) is 28.6 Å². The molecule has 148 valence electrons. The van der Waals surface area contributed by atoms with E-state index in [-0.39, 0.29) is 40.6 Å². The molecule has 0 aliphatic heterocycles. The van der Waals surface area contributed by atoms with Crippen LogP contribution in [-0.2, 0) is 9.09 Å². The summed E-state index contributed by atoms with van der Waals surface area (Å²) in [4.78, 5) is 22.7. The number of phenolic OH excluding ortho intramolecular Hbond substituents is 2. The molecule has 0 bridgehead atoms. The van der Waals surface area contributed by atoms with Gasteiger partial charge in [-0.3, -0.25) is 9.36 Å². The van der Waals surface area contributed by atoms with Gasteiger partial charge in [-0.2, -0.15) is 0 Å². The zero-order valence-corrected chi connectivity index (χ0v) is 16.1. The summed E-state index contributed by atoms with van der Waals surface area (Å²) in [6.07, 6.45) is -0.737. The first-order valence-corrected chi connectivity index (χ1v) is 10.2. The van der Waals surface area contributed by atoms with Crippen LogP contribution in [0.4, 0.5) is 0 Å². The average molecular weight is 406 g/mol. The van der Waals surface area contributed by atoms with E-state index in [1.165, 1.54) is 30.3 Å². The standard InChI is InChI=1S/C19H19O8P/c1-3-26-28(23,24)10-25-19-17(22)14-6-5-13(20)9-16(14)27-18(19)12-4-7-15(21)11(2)8-12/h4-9,20-21H,3,10H2,1-2H3,(H,23,24). The molecule has 0 radical (unpaired) electrons. The summed E-state index contributed by atoms with van der Waals surface area (Å²) in [5, 5.41) is 19.6. The summed E-state index contributed by atoms with van der Waals surface area (Å²) in [6.45, 7) is 3.23. The smallest absolute Gasteiger partial charge is 0.365 e. The third kappa shape index (κ3) is 4.04. The van der Waals surface area contributed by atoms with Gasteiger partial charge in [0, 0.05) is 11.6 Å². The minimum absolute atomic E-state index is 0.00250. The van der Waals surface area contributed by atoms with E-state index in [0.717, 1.165) is 0 Å². The summed E-state index contributed by atoms with van der Waals surface area (Å²) >= 11 is 0. The van der Waals surface area contributed by atoms with Crippen molar-refractivity contribution in [2.45, 2.75) is 13.8 Å². The third-order valence-electron chi connectivity index (χ3n) is 4.00. The topological polar surface area (TPSA) is 126 Å². The lowest BCUT2D eigenvalue weighted by atomic mass is 10.1. The molecule has 0 fully saturated rings. The Kier molecular flexibility index (Phi) is 5.47. The first-order valence-electron chi connectivity index (χ1n) is 8.41. The first-order chi connectivity index (χ1) is 13.2. The van der Waals surface area contributed by atoms with Gasteiger partial charge < -0.3 is 28.8 Å². The van der Waals surface area contributed by atoms with E-state index in [0.29, 0.717) is 11.1 Å². The Bertz CT molecular complexity index is 1130. The highest BCUT2D eigenvalue weighted by molar-refractivity contribution is 7.52. The molecular weight excluding hydrogens is 387 g/mol. The molecule has 3 rings (SSSR count). The van der Waals surface area contributed by atoms with E-state index in [4.69, 9.17) is 13.7 Å². The van der Waals surface area contributed by atoms with Crippen molar-refractivity contribution in [3.05, 3.63) is 52.2 Å². The van der Waals surface area contributed by atoms with Gasteiger partial charge in [0.25, 0.3) is 0 Å². The second-order valence-corrected chi connectivity index (χ2v) is 7.89. The molecule has 0 aliphatic rings. The van der Waals surface area contributed by atoms with Crippen molar-refractivity contribution in [2.24, 2.45) is 0 Å². The van der Waals surface area contributed by atoms with Crippen LogP contribution >= 0.6 is 7.60 Å². The predicted molar refractivity (Wildman–Crippen MR) is 103 cm³/mol. The Morgan fingerprint density at radius 2 is 1.89 bits per heavy atom. The normalized spacial score (nSPS) is 13.4. The molecular formula is C19H19O8P. The molecule has 0 amide bonds. The van der Waals surface area contributed by atoms with Gasteiger partial charge in [0.2, 0.25) is 11.2 Å². The van der Waals surface area contributed by atoms with E-state index < -0.39 is 19.4 Å². The highest BCUT2D eigenvalue weighted by Crippen LogP contribution is 2.43. The summed E-state index contributed by atoms with van der Waals surface area (Å²) in [5.74, 6) is -0.295. The Labute approximate surface area is 160 Å². The zero-order valence-electron chi connectivity index (χ0n) is 15.2. The number of benzene rings is 2. The lowest BCUT2D eigenvalue weighted by Crippen LogP contribution is -2.12. The number of rotatable bonds is 6. The van der Waals surface area contributed by atoms with Gasteiger partial charge in [-0.25, -0.2) is 0 Å². The highest BCUT2D eigenvalue weighted by Gasteiger charge is 2.24. The van der Waals surface area contributed by atoms with Gasteiger partial charge in [-0.05, 0) is 49.7 Å². The maximum atomic E-state index is 12.9. The fourth-order valence-electron chi connectivity index (χ4n) is 2.67. The van der Waals surface area contributed by atoms with Crippen LogP contribution in [0.25, 0.3) is 22.3 Å². The van der Waals surface area contributed by atoms with Gasteiger partial charge in [0.1, 0.15) is 17.1 Å². The number of aryl methyl sites for hydroxylation is 1. The molecule has 28 heavy (non-hydrogen) atoms. The van der Waals surface area contributed by atoms with Gasteiger partial charge in [0.05, 0.1) is 12.0 Å². The largest absolute Gasteiger partial charge is 0.508 e. The van der Waals surface area contributed by atoms with Crippen LogP contribution in [0.1, 0.15) is 12.5 Å². The van der Waals surface area contributed by atoms with Crippen LogP contribution in [0.2, 0.25) is 0 Å². The number of phenols is 2. The van der Waals surface area contributed by atoms with E-state index in [9.17, 15) is 24.5 Å². The molecule has 3 aromatic rings. The molecule has 1 unspecified atom stereocenters. The molecule has 1 aromatic heterocycles. The highest BCUT2D eigenvalue weighted by atomic mass is 31.2. The van der Waals surface area contributed by atoms with Crippen LogP contribution < -0.4 is 10.2 Å². The van der Waals surface area contributed by atoms with Crippen molar-refractivity contribution in [1.29, 1.82) is 0 Å². The quantitative estimate of drug-likeness (QED) is 0.529. The summed E-state index contributed by atoms with van der Waals surface area (Å²) in [7, 11) is -4.06. The first kappa shape index (κ1) is 19.9. The van der Waals surface area contributed by atoms with Crippen molar-refractivity contribution < 1.29 is 33.3 Å². The van der Waals surface area contributed by atoms with Crippen LogP contribution in [0.3, 0.4) is 0 Å². The average Bonchev–Trinajstić information content (AvgIpc) is 2.62. The van der Waals surface area contributed by atoms with Crippen molar-refractivity contribution >= 4 is 18.6 Å². The number of ether oxygens (including phenoxy) is 1. The molecule has 0 saturated carbocycles. The van der Waals surface area contributed by atoms with Crippen molar-refractivity contribution in [2.75, 3.05) is 13.0 Å². The van der Waals surface area contributed by atoms with E-state index >= 15 is 0 Å². The van der Waals surface area contributed by atoms with Gasteiger partial charge in [-0.1, -0.05) is 0 Å². The minimum Gasteiger partial charge on any atom is -0.508 e. The molecule has 9 heteroatoms. The van der Waals surface area contributed by atoms with Crippen molar-refractivity contribution in [3.63, 3.8) is 0 Å². The molecule has 3 N–H and O–H groups in total. The Hall–Kier alpha value is -2.80. The van der Waals surface area contributed by atoms with E-state index in [1.54, 1.807) is 19.9 Å². The van der Waals surface area contributed by atoms with Crippen LogP contribution in [-0.4, -0.2) is 28.1 Å². The van der Waals surface area contributed by atoms with Gasteiger partial charge >= 0.3 is 7.60 Å². The monoisotopic (exact) mass is 406 g/mol. The SMILES string of the molecule is CCOP(=O)(O)COc1c(-c2ccc(O)c(C)c2)oc2cc(O)ccc2c1=O. The predicted octanol–water partition coefficient (Wildman–Crippen LogP) is 3.74. The maximum Gasteiger partial charge on any atom is 0.365 e. The number of fused-ring (bicyclic) bond motifs is 1. The van der Waals surface area contributed by atoms with Crippen LogP contribution in [0.5, 0.6) is 17.2 Å². The van der Waals surface area contributed by atoms with Crippen molar-refractivity contribution in [1.82, 2.24) is 0 Å². The number of hydrogen-bond donors (Lipinski definition) is 3. The Balaban J connectivity index is 2.19. The van der Waals surface area contributed by atoms with Gasteiger partial charge in [-0.15, -0.1) is 0 Å². The third-order valence-corrected chi connectivity index (χ3v) is 5.11. The Morgan fingerprint density at radius 3 is 2.57 bits per heavy atom. The molecule has 1 heterocycles. The van der Waals surface area contributed by atoms with E-state index in [1.807, 2.05) is 0 Å².